The van der Waals surface area contributed by atoms with Gasteiger partial charge >= 0.3 is 0 Å². The van der Waals surface area contributed by atoms with Crippen molar-refractivity contribution >= 4 is 0 Å². The summed E-state index contributed by atoms with van der Waals surface area (Å²) in [5, 5.41) is 0. The summed E-state index contributed by atoms with van der Waals surface area (Å²) >= 11 is 0. The Hall–Kier alpha value is -0.120. The lowest BCUT2D eigenvalue weighted by molar-refractivity contribution is 0.0339. The molecule has 3 nitrogen and oxygen atoms in total. The molecule has 0 aromatic rings. The normalized spacial score (nSPS) is 39.2. The van der Waals surface area contributed by atoms with Crippen LogP contribution in [0.15, 0.2) is 0 Å². The molecule has 3 aliphatic heterocycles. The Labute approximate surface area is 181 Å². The van der Waals surface area contributed by atoms with Crippen LogP contribution in [0.2, 0.25) is 0 Å². The lowest BCUT2D eigenvalue weighted by Gasteiger charge is -2.46. The van der Waals surface area contributed by atoms with Gasteiger partial charge in [0.2, 0.25) is 0 Å². The second-order valence-electron chi connectivity index (χ2n) is 10.8. The van der Waals surface area contributed by atoms with Crippen LogP contribution in [0.3, 0.4) is 0 Å². The predicted octanol–water partition coefficient (Wildman–Crippen LogP) is 4.72. The van der Waals surface area contributed by atoms with Gasteiger partial charge < -0.3 is 9.80 Å². The van der Waals surface area contributed by atoms with Crippen molar-refractivity contribution in [3.63, 3.8) is 0 Å². The topological polar surface area (TPSA) is 9.72 Å². The fraction of sp³-hybridized carbons (Fsp3) is 1.00. The SMILES string of the molecule is [2H]C1([2H])C(C(C)(C)C)C([2H])([2H])C([2H])([2H])N(CC2CCN(C3CCN(C(C)(C)C)CC3)CC2)C1([2H])[2H]. The Bertz CT molecular complexity index is 715. The first kappa shape index (κ1) is 13.2. The minimum absolute atomic E-state index is 0.00357. The van der Waals surface area contributed by atoms with Gasteiger partial charge in [0.1, 0.15) is 0 Å². The summed E-state index contributed by atoms with van der Waals surface area (Å²) in [6.07, 6.45) is -1.26. The molecular formula is C24H47N3. The summed E-state index contributed by atoms with van der Waals surface area (Å²) in [6, 6.07) is 0.540. The van der Waals surface area contributed by atoms with E-state index in [1.807, 2.05) is 0 Å². The van der Waals surface area contributed by atoms with E-state index >= 15 is 0 Å². The number of hydrogen-bond donors (Lipinski definition) is 0. The lowest BCUT2D eigenvalue weighted by atomic mass is 9.75. The first-order chi connectivity index (χ1) is 15.6. The van der Waals surface area contributed by atoms with Crippen molar-refractivity contribution in [1.82, 2.24) is 14.7 Å². The Morgan fingerprint density at radius 1 is 0.815 bits per heavy atom. The van der Waals surface area contributed by atoms with Crippen LogP contribution in [0.1, 0.15) is 90.9 Å². The Morgan fingerprint density at radius 3 is 1.85 bits per heavy atom. The highest BCUT2D eigenvalue weighted by atomic mass is 15.2. The molecule has 0 aliphatic carbocycles. The predicted molar refractivity (Wildman–Crippen MR) is 117 cm³/mol. The van der Waals surface area contributed by atoms with E-state index in [9.17, 15) is 0 Å². The molecule has 3 saturated heterocycles. The molecule has 3 heteroatoms. The fourth-order valence-corrected chi connectivity index (χ4v) is 4.53. The molecule has 0 radical (unpaired) electrons. The van der Waals surface area contributed by atoms with Gasteiger partial charge in [0.05, 0.1) is 0 Å². The molecule has 3 fully saturated rings. The van der Waals surface area contributed by atoms with E-state index in [2.05, 4.69) is 30.6 Å². The molecule has 0 N–H and O–H groups in total. The van der Waals surface area contributed by atoms with E-state index < -0.39 is 37.1 Å². The summed E-state index contributed by atoms with van der Waals surface area (Å²) in [6.45, 7) is 10.4. The highest BCUT2D eigenvalue weighted by Gasteiger charge is 2.33. The zero-order valence-electron chi connectivity index (χ0n) is 26.4. The van der Waals surface area contributed by atoms with Gasteiger partial charge in [-0.05, 0) is 103 Å². The van der Waals surface area contributed by atoms with Crippen LogP contribution in [0.4, 0.5) is 0 Å². The zero-order valence-corrected chi connectivity index (χ0v) is 18.4. The van der Waals surface area contributed by atoms with Crippen LogP contribution >= 0.6 is 0 Å². The Morgan fingerprint density at radius 2 is 1.37 bits per heavy atom. The average molecular weight is 386 g/mol. The average Bonchev–Trinajstić information content (AvgIpc) is 2.69. The maximum atomic E-state index is 8.71. The van der Waals surface area contributed by atoms with Gasteiger partial charge in [0.15, 0.2) is 0 Å². The van der Waals surface area contributed by atoms with E-state index in [0.29, 0.717) is 6.04 Å². The van der Waals surface area contributed by atoms with E-state index in [-0.39, 0.29) is 18.0 Å². The number of likely N-dealkylation sites (tertiary alicyclic amines) is 3. The van der Waals surface area contributed by atoms with Crippen molar-refractivity contribution in [1.29, 1.82) is 0 Å². The van der Waals surface area contributed by atoms with Gasteiger partial charge in [-0.2, -0.15) is 0 Å². The van der Waals surface area contributed by atoms with Crippen LogP contribution in [0.5, 0.6) is 0 Å². The molecule has 0 aromatic carbocycles. The van der Waals surface area contributed by atoms with E-state index in [1.165, 1.54) is 0 Å². The summed E-state index contributed by atoms with van der Waals surface area (Å²) < 4.78 is 69.6. The summed E-state index contributed by atoms with van der Waals surface area (Å²) in [7, 11) is 0. The van der Waals surface area contributed by atoms with E-state index in [0.717, 1.165) is 56.8 Å². The Balaban J connectivity index is 1.70. The maximum Gasteiger partial charge on any atom is 0.0431 e. The first-order valence-corrected chi connectivity index (χ1v) is 10.9. The van der Waals surface area contributed by atoms with Crippen molar-refractivity contribution in [3.05, 3.63) is 0 Å². The van der Waals surface area contributed by atoms with Crippen LogP contribution < -0.4 is 0 Å². The van der Waals surface area contributed by atoms with E-state index in [1.54, 1.807) is 20.8 Å². The van der Waals surface area contributed by atoms with Crippen molar-refractivity contribution in [2.45, 2.75) is 91.6 Å². The molecule has 3 aliphatic rings. The van der Waals surface area contributed by atoms with Crippen molar-refractivity contribution in [3.8, 4) is 0 Å². The van der Waals surface area contributed by atoms with Gasteiger partial charge in [-0.15, -0.1) is 0 Å². The zero-order chi connectivity index (χ0) is 26.8. The molecule has 0 unspecified atom stereocenters. The molecular weight excluding hydrogens is 330 g/mol. The number of rotatable bonds is 3. The molecule has 0 spiro atoms. The van der Waals surface area contributed by atoms with Crippen LogP contribution in [-0.4, -0.2) is 72.0 Å². The maximum absolute atomic E-state index is 8.71. The van der Waals surface area contributed by atoms with Gasteiger partial charge in [0.25, 0.3) is 0 Å². The van der Waals surface area contributed by atoms with Gasteiger partial charge in [-0.1, -0.05) is 20.8 Å². The van der Waals surface area contributed by atoms with Crippen molar-refractivity contribution in [2.75, 3.05) is 45.7 Å². The quantitative estimate of drug-likeness (QED) is 0.696. The number of hydrogen-bond acceptors (Lipinski definition) is 3. The molecule has 0 atom stereocenters. The van der Waals surface area contributed by atoms with Crippen molar-refractivity contribution in [2.24, 2.45) is 17.3 Å². The number of piperidine rings is 3. The minimum Gasteiger partial charge on any atom is -0.303 e. The largest absolute Gasteiger partial charge is 0.303 e. The first-order valence-electron chi connectivity index (χ1n) is 14.9. The minimum atomic E-state index is -2.63. The van der Waals surface area contributed by atoms with Gasteiger partial charge in [-0.25, -0.2) is 0 Å². The second-order valence-corrected chi connectivity index (χ2v) is 10.8. The van der Waals surface area contributed by atoms with Crippen LogP contribution in [0.25, 0.3) is 0 Å². The second kappa shape index (κ2) is 8.71. The molecule has 3 rings (SSSR count). The van der Waals surface area contributed by atoms with Crippen LogP contribution in [0, 0.1) is 17.3 Å². The molecule has 27 heavy (non-hydrogen) atoms. The lowest BCUT2D eigenvalue weighted by Crippen LogP contribution is -2.52. The van der Waals surface area contributed by atoms with Crippen molar-refractivity contribution < 1.29 is 11.0 Å². The molecule has 3 heterocycles. The molecule has 0 amide bonds. The molecule has 0 bridgehead atoms. The third-order valence-electron chi connectivity index (χ3n) is 6.57. The molecule has 0 aromatic heterocycles. The monoisotopic (exact) mass is 385 g/mol. The highest BCUT2D eigenvalue weighted by molar-refractivity contribution is 4.88. The van der Waals surface area contributed by atoms with Crippen LogP contribution in [-0.2, 0) is 0 Å². The third kappa shape index (κ3) is 5.93. The van der Waals surface area contributed by atoms with Gasteiger partial charge in [0, 0.05) is 42.2 Å². The summed E-state index contributed by atoms with van der Waals surface area (Å²) in [4.78, 5) is 5.93. The fourth-order valence-electron chi connectivity index (χ4n) is 4.53. The third-order valence-corrected chi connectivity index (χ3v) is 6.57. The number of nitrogens with zero attached hydrogens (tertiary/aromatic N) is 3. The summed E-state index contributed by atoms with van der Waals surface area (Å²) in [5.74, 6) is -1.44. The van der Waals surface area contributed by atoms with Gasteiger partial charge in [-0.3, -0.25) is 4.90 Å². The Kier molecular flexibility index (Phi) is 4.27. The smallest absolute Gasteiger partial charge is 0.0431 e. The standard InChI is InChI=1S/C24H47N3/c1-23(2,3)21-9-13-25(14-10-21)19-20-7-15-26(16-8-20)22-11-17-27(18-12-22)24(4,5)6/h20-22H,7-19H2,1-6H3/i9D2,10D2,13D2,14D2. The highest BCUT2D eigenvalue weighted by Crippen LogP contribution is 2.35. The molecule has 158 valence electrons. The van der Waals surface area contributed by atoms with E-state index in [4.69, 9.17) is 11.0 Å². The molecule has 0 saturated carbocycles. The summed E-state index contributed by atoms with van der Waals surface area (Å²) in [5.41, 5.74) is -0.764.